The maximum Gasteiger partial charge on any atom is 0.256 e. The van der Waals surface area contributed by atoms with Gasteiger partial charge in [-0.05, 0) is 60.7 Å². The smallest absolute Gasteiger partial charge is 0.256 e. The molecule has 0 aliphatic heterocycles. The summed E-state index contributed by atoms with van der Waals surface area (Å²) in [6.07, 6.45) is 6.82. The third kappa shape index (κ3) is 5.73. The van der Waals surface area contributed by atoms with E-state index in [0.29, 0.717) is 12.4 Å². The molecule has 0 unspecified atom stereocenters. The summed E-state index contributed by atoms with van der Waals surface area (Å²) in [6.45, 7) is 0.717. The molecule has 32 heavy (non-hydrogen) atoms. The van der Waals surface area contributed by atoms with Crippen molar-refractivity contribution < 1.29 is 4.74 Å². The average molecular weight is 425 g/mol. The van der Waals surface area contributed by atoms with Gasteiger partial charge < -0.3 is 4.74 Å². The summed E-state index contributed by atoms with van der Waals surface area (Å²) in [7, 11) is 0. The normalized spacial score (nSPS) is 10.8. The van der Waals surface area contributed by atoms with Crippen molar-refractivity contribution in [2.24, 2.45) is 0 Å². The van der Waals surface area contributed by atoms with E-state index in [-0.39, 0.29) is 5.56 Å². The van der Waals surface area contributed by atoms with Gasteiger partial charge in [-0.1, -0.05) is 67.4 Å². The number of hydrogen-bond acceptors (Lipinski definition) is 3. The zero-order valence-electron chi connectivity index (χ0n) is 18.2. The highest BCUT2D eigenvalue weighted by atomic mass is 16.5. The molecular weight excluding hydrogens is 396 g/mol. The molecule has 0 N–H and O–H groups in total. The highest BCUT2D eigenvalue weighted by Gasteiger charge is 2.06. The van der Waals surface area contributed by atoms with Gasteiger partial charge in [0, 0.05) is 18.0 Å². The molecule has 2 heterocycles. The summed E-state index contributed by atoms with van der Waals surface area (Å²) >= 11 is 0. The molecular formula is C28H28N2O2. The summed E-state index contributed by atoms with van der Waals surface area (Å²) in [4.78, 5) is 16.7. The Labute approximate surface area is 189 Å². The fourth-order valence-corrected chi connectivity index (χ4v) is 3.80. The lowest BCUT2D eigenvalue weighted by atomic mass is 10.1. The number of benzene rings is 2. The molecule has 0 aliphatic rings. The fraction of sp³-hybridized carbons (Fsp3) is 0.214. The minimum absolute atomic E-state index is 0.0344. The zero-order chi connectivity index (χ0) is 22.0. The van der Waals surface area contributed by atoms with Gasteiger partial charge in [0.05, 0.1) is 6.61 Å². The molecule has 0 bridgehead atoms. The van der Waals surface area contributed by atoms with Crippen LogP contribution in [0, 0.1) is 0 Å². The molecule has 4 nitrogen and oxygen atoms in total. The molecule has 4 rings (SSSR count). The fourth-order valence-electron chi connectivity index (χ4n) is 3.80. The topological polar surface area (TPSA) is 44.1 Å². The predicted molar refractivity (Wildman–Crippen MR) is 129 cm³/mol. The molecule has 0 fully saturated rings. The lowest BCUT2D eigenvalue weighted by Crippen LogP contribution is -2.21. The third-order valence-electron chi connectivity index (χ3n) is 5.47. The minimum atomic E-state index is -0.0344. The first kappa shape index (κ1) is 21.6. The van der Waals surface area contributed by atoms with Gasteiger partial charge in [-0.3, -0.25) is 9.36 Å². The van der Waals surface area contributed by atoms with Gasteiger partial charge in [0.1, 0.15) is 11.6 Å². The summed E-state index contributed by atoms with van der Waals surface area (Å²) < 4.78 is 7.61. The van der Waals surface area contributed by atoms with Gasteiger partial charge in [0.25, 0.3) is 5.56 Å². The number of aryl methyl sites for hydroxylation is 1. The quantitative estimate of drug-likeness (QED) is 0.290. The van der Waals surface area contributed by atoms with Crippen LogP contribution < -0.4 is 10.3 Å². The second-order valence-electron chi connectivity index (χ2n) is 7.78. The Kier molecular flexibility index (Phi) is 7.48. The van der Waals surface area contributed by atoms with Gasteiger partial charge >= 0.3 is 0 Å². The van der Waals surface area contributed by atoms with Crippen molar-refractivity contribution in [3.8, 4) is 22.7 Å². The van der Waals surface area contributed by atoms with Crippen molar-refractivity contribution in [2.75, 3.05) is 6.61 Å². The van der Waals surface area contributed by atoms with Crippen molar-refractivity contribution in [1.29, 1.82) is 0 Å². The van der Waals surface area contributed by atoms with Crippen LogP contribution in [0.1, 0.15) is 31.4 Å². The van der Waals surface area contributed by atoms with Crippen molar-refractivity contribution in [1.82, 2.24) is 9.55 Å². The molecule has 4 aromatic rings. The maximum absolute atomic E-state index is 12.4. The van der Waals surface area contributed by atoms with Gasteiger partial charge in [-0.25, -0.2) is 4.98 Å². The van der Waals surface area contributed by atoms with Crippen molar-refractivity contribution >= 4 is 0 Å². The van der Waals surface area contributed by atoms with E-state index in [4.69, 9.17) is 4.74 Å². The van der Waals surface area contributed by atoms with Crippen LogP contribution in [0.3, 0.4) is 0 Å². The Morgan fingerprint density at radius 2 is 1.44 bits per heavy atom. The van der Waals surface area contributed by atoms with E-state index in [1.807, 2.05) is 48.5 Å². The van der Waals surface area contributed by atoms with Gasteiger partial charge in [0.15, 0.2) is 0 Å². The van der Waals surface area contributed by atoms with E-state index < -0.39 is 0 Å². The highest BCUT2D eigenvalue weighted by molar-refractivity contribution is 5.63. The van der Waals surface area contributed by atoms with Crippen LogP contribution in [0.5, 0.6) is 5.75 Å². The van der Waals surface area contributed by atoms with E-state index in [0.717, 1.165) is 43.5 Å². The van der Waals surface area contributed by atoms with Crippen LogP contribution in [0.4, 0.5) is 0 Å². The van der Waals surface area contributed by atoms with Crippen molar-refractivity contribution in [3.05, 3.63) is 113 Å². The van der Waals surface area contributed by atoms with Crippen LogP contribution in [0.15, 0.2) is 102 Å². The largest absolute Gasteiger partial charge is 0.494 e. The molecule has 0 radical (unpaired) electrons. The average Bonchev–Trinajstić information content (AvgIpc) is 2.85. The van der Waals surface area contributed by atoms with Crippen LogP contribution in [0.25, 0.3) is 16.9 Å². The zero-order valence-corrected chi connectivity index (χ0v) is 18.2. The number of unbranched alkanes of at least 4 members (excludes halogenated alkanes) is 3. The molecule has 0 aliphatic carbocycles. The number of ether oxygens (including phenoxy) is 1. The van der Waals surface area contributed by atoms with E-state index in [1.165, 1.54) is 11.1 Å². The monoisotopic (exact) mass is 424 g/mol. The molecule has 0 saturated carbocycles. The first-order chi connectivity index (χ1) is 15.8. The van der Waals surface area contributed by atoms with E-state index in [1.54, 1.807) is 16.8 Å². The maximum atomic E-state index is 12.4. The van der Waals surface area contributed by atoms with Crippen LogP contribution in [0.2, 0.25) is 0 Å². The van der Waals surface area contributed by atoms with Gasteiger partial charge in [0.2, 0.25) is 0 Å². The first-order valence-corrected chi connectivity index (χ1v) is 11.2. The Bertz CT molecular complexity index is 1150. The minimum Gasteiger partial charge on any atom is -0.494 e. The Balaban J connectivity index is 1.19. The predicted octanol–water partition coefficient (Wildman–Crippen LogP) is 6.08. The lowest BCUT2D eigenvalue weighted by molar-refractivity contribution is 0.304. The molecule has 2 aromatic heterocycles. The second kappa shape index (κ2) is 11.1. The summed E-state index contributed by atoms with van der Waals surface area (Å²) in [5.41, 5.74) is 3.38. The number of pyridine rings is 2. The second-order valence-corrected chi connectivity index (χ2v) is 7.78. The van der Waals surface area contributed by atoms with Crippen molar-refractivity contribution in [3.63, 3.8) is 0 Å². The van der Waals surface area contributed by atoms with E-state index in [9.17, 15) is 4.79 Å². The molecule has 0 spiro atoms. The highest BCUT2D eigenvalue weighted by Crippen LogP contribution is 2.22. The molecule has 0 atom stereocenters. The first-order valence-electron chi connectivity index (χ1n) is 11.2. The van der Waals surface area contributed by atoms with Crippen LogP contribution in [-0.2, 0) is 6.42 Å². The van der Waals surface area contributed by atoms with E-state index in [2.05, 4.69) is 41.4 Å². The van der Waals surface area contributed by atoms with Gasteiger partial charge in [-0.15, -0.1) is 0 Å². The molecule has 2 aromatic carbocycles. The van der Waals surface area contributed by atoms with Crippen molar-refractivity contribution in [2.45, 2.75) is 32.1 Å². The standard InChI is InChI=1S/C28H28N2O2/c31-28-16-10-14-25(30(28)27-15-7-8-21-29-27)13-6-1-2-9-22-32-26-19-17-24(18-20-26)23-11-4-3-5-12-23/h3-5,7-8,10-12,14-21H,1-2,6,9,13,22H2. The summed E-state index contributed by atoms with van der Waals surface area (Å²) in [5, 5.41) is 0. The number of hydrogen-bond donors (Lipinski definition) is 0. The third-order valence-corrected chi connectivity index (χ3v) is 5.47. The van der Waals surface area contributed by atoms with Gasteiger partial charge in [-0.2, -0.15) is 0 Å². The Morgan fingerprint density at radius 3 is 2.22 bits per heavy atom. The number of rotatable bonds is 10. The summed E-state index contributed by atoms with van der Waals surface area (Å²) in [6, 6.07) is 29.7. The molecule has 162 valence electrons. The lowest BCUT2D eigenvalue weighted by Gasteiger charge is -2.11. The van der Waals surface area contributed by atoms with Crippen LogP contribution in [-0.4, -0.2) is 16.2 Å². The number of aromatic nitrogens is 2. The van der Waals surface area contributed by atoms with Crippen LogP contribution >= 0.6 is 0 Å². The summed E-state index contributed by atoms with van der Waals surface area (Å²) in [5.74, 6) is 1.59. The molecule has 0 amide bonds. The molecule has 0 saturated heterocycles. The SMILES string of the molecule is O=c1cccc(CCCCCCOc2ccc(-c3ccccc3)cc2)n1-c1ccccn1. The van der Waals surface area contributed by atoms with E-state index >= 15 is 0 Å². The Morgan fingerprint density at radius 1 is 0.688 bits per heavy atom. The number of nitrogens with zero attached hydrogens (tertiary/aromatic N) is 2. The molecule has 4 heteroatoms. The Hall–Kier alpha value is -3.66.